The number of aromatic hydroxyl groups is 1. The van der Waals surface area contributed by atoms with Crippen LogP contribution in [0.2, 0.25) is 0 Å². The van der Waals surface area contributed by atoms with Crippen LogP contribution in [-0.4, -0.2) is 10.9 Å². The largest absolute Gasteiger partial charge is 0.508 e. The van der Waals surface area contributed by atoms with Gasteiger partial charge in [0.1, 0.15) is 11.6 Å². The zero-order valence-electron chi connectivity index (χ0n) is 5.33. The zero-order valence-corrected chi connectivity index (χ0v) is 5.33. The van der Waals surface area contributed by atoms with Crippen LogP contribution in [0, 0.1) is 5.41 Å². The van der Waals surface area contributed by atoms with Gasteiger partial charge in [0.2, 0.25) is 0 Å². The van der Waals surface area contributed by atoms with E-state index in [4.69, 9.17) is 16.2 Å². The molecule has 0 amide bonds. The van der Waals surface area contributed by atoms with E-state index in [9.17, 15) is 0 Å². The summed E-state index contributed by atoms with van der Waals surface area (Å²) in [6.07, 6.45) is 0. The summed E-state index contributed by atoms with van der Waals surface area (Å²) >= 11 is 0. The van der Waals surface area contributed by atoms with Crippen LogP contribution in [0.5, 0.6) is 5.75 Å². The summed E-state index contributed by atoms with van der Waals surface area (Å²) in [5.74, 6) is 0.101. The molecule has 0 saturated heterocycles. The number of hydrogen-bond donors (Lipinski definition) is 3. The molecule has 0 fully saturated rings. The Hall–Kier alpha value is -1.51. The topological polar surface area (TPSA) is 70.1 Å². The molecule has 0 heterocycles. The van der Waals surface area contributed by atoms with Crippen LogP contribution in [0.25, 0.3) is 0 Å². The second kappa shape index (κ2) is 2.39. The predicted molar refractivity (Wildman–Crippen MR) is 39.1 cm³/mol. The van der Waals surface area contributed by atoms with E-state index in [1.807, 2.05) is 0 Å². The Balaban J connectivity index is 3.07. The quantitative estimate of drug-likeness (QED) is 0.392. The molecule has 1 aromatic rings. The van der Waals surface area contributed by atoms with Crippen molar-refractivity contribution in [3.63, 3.8) is 0 Å². The molecule has 0 spiro atoms. The minimum absolute atomic E-state index is 0.0316. The lowest BCUT2D eigenvalue weighted by Crippen LogP contribution is -2.10. The Kier molecular flexibility index (Phi) is 1.58. The van der Waals surface area contributed by atoms with Gasteiger partial charge in [0.05, 0.1) is 0 Å². The van der Waals surface area contributed by atoms with Crippen molar-refractivity contribution < 1.29 is 5.11 Å². The number of amidine groups is 1. The molecule has 0 atom stereocenters. The van der Waals surface area contributed by atoms with Crippen molar-refractivity contribution in [3.8, 4) is 5.75 Å². The first-order valence-corrected chi connectivity index (χ1v) is 2.83. The Morgan fingerprint density at radius 2 is 2.20 bits per heavy atom. The summed E-state index contributed by atoms with van der Waals surface area (Å²) in [6, 6.07) is 6.29. The van der Waals surface area contributed by atoms with E-state index in [0.29, 0.717) is 5.56 Å². The highest BCUT2D eigenvalue weighted by Gasteiger charge is 1.94. The van der Waals surface area contributed by atoms with Crippen molar-refractivity contribution in [1.29, 1.82) is 5.41 Å². The number of nitrogens with two attached hydrogens (primary N) is 1. The number of hydrogen-bond acceptors (Lipinski definition) is 2. The van der Waals surface area contributed by atoms with Crippen LogP contribution >= 0.6 is 0 Å². The standard InChI is InChI=1S/C7H8N2O/c8-7(9)5-2-1-3-6(10)4-5/h1-4,10H,(H3,8,9). The fourth-order valence-electron chi connectivity index (χ4n) is 0.673. The number of benzene rings is 1. The average molecular weight is 136 g/mol. The molecule has 52 valence electrons. The molecule has 3 heteroatoms. The predicted octanol–water partition coefficient (Wildman–Crippen LogP) is 0.676. The van der Waals surface area contributed by atoms with Crippen LogP contribution in [0.15, 0.2) is 24.3 Å². The van der Waals surface area contributed by atoms with Crippen molar-refractivity contribution >= 4 is 5.84 Å². The van der Waals surface area contributed by atoms with E-state index >= 15 is 0 Å². The number of rotatable bonds is 1. The molecule has 10 heavy (non-hydrogen) atoms. The van der Waals surface area contributed by atoms with Crippen molar-refractivity contribution in [3.05, 3.63) is 29.8 Å². The van der Waals surface area contributed by atoms with Gasteiger partial charge < -0.3 is 10.8 Å². The minimum Gasteiger partial charge on any atom is -0.508 e. The second-order valence-corrected chi connectivity index (χ2v) is 1.96. The summed E-state index contributed by atoms with van der Waals surface area (Å²) < 4.78 is 0. The van der Waals surface area contributed by atoms with Crippen LogP contribution in [0.1, 0.15) is 5.56 Å². The first-order valence-electron chi connectivity index (χ1n) is 2.83. The molecule has 1 rings (SSSR count). The van der Waals surface area contributed by atoms with Gasteiger partial charge in [0, 0.05) is 5.56 Å². The van der Waals surface area contributed by atoms with E-state index in [1.54, 1.807) is 12.1 Å². The molecule has 0 saturated carbocycles. The summed E-state index contributed by atoms with van der Waals surface area (Å²) in [6.45, 7) is 0. The SMILES string of the molecule is N=C(N)c1cccc(O)c1. The highest BCUT2D eigenvalue weighted by atomic mass is 16.3. The van der Waals surface area contributed by atoms with Gasteiger partial charge in [-0.25, -0.2) is 0 Å². The lowest BCUT2D eigenvalue weighted by Gasteiger charge is -1.96. The van der Waals surface area contributed by atoms with Gasteiger partial charge in [0.25, 0.3) is 0 Å². The fraction of sp³-hybridized carbons (Fsp3) is 0. The molecule has 0 aliphatic heterocycles. The van der Waals surface area contributed by atoms with E-state index in [1.165, 1.54) is 12.1 Å². The van der Waals surface area contributed by atoms with Crippen LogP contribution in [0.4, 0.5) is 0 Å². The maximum absolute atomic E-state index is 8.91. The first-order chi connectivity index (χ1) is 4.70. The third-order valence-corrected chi connectivity index (χ3v) is 1.16. The number of phenolic OH excluding ortho intramolecular Hbond substituents is 1. The number of nitrogen functional groups attached to an aromatic ring is 1. The maximum Gasteiger partial charge on any atom is 0.122 e. The molecule has 0 aliphatic rings. The molecule has 0 unspecified atom stereocenters. The van der Waals surface area contributed by atoms with E-state index < -0.39 is 0 Å². The van der Waals surface area contributed by atoms with Crippen molar-refractivity contribution in [1.82, 2.24) is 0 Å². The van der Waals surface area contributed by atoms with Crippen molar-refractivity contribution in [2.75, 3.05) is 0 Å². The molecule has 4 N–H and O–H groups in total. The summed E-state index contributed by atoms with van der Waals surface area (Å²) in [4.78, 5) is 0. The highest BCUT2D eigenvalue weighted by molar-refractivity contribution is 5.95. The van der Waals surface area contributed by atoms with E-state index in [0.717, 1.165) is 0 Å². The van der Waals surface area contributed by atoms with Gasteiger partial charge in [-0.15, -0.1) is 0 Å². The van der Waals surface area contributed by atoms with Crippen LogP contribution < -0.4 is 5.73 Å². The molecule has 0 radical (unpaired) electrons. The Labute approximate surface area is 58.6 Å². The molecule has 3 nitrogen and oxygen atoms in total. The molecular formula is C7H8N2O. The van der Waals surface area contributed by atoms with Gasteiger partial charge in [-0.2, -0.15) is 0 Å². The maximum atomic E-state index is 8.91. The zero-order chi connectivity index (χ0) is 7.56. The van der Waals surface area contributed by atoms with Crippen LogP contribution in [-0.2, 0) is 0 Å². The Bertz CT molecular complexity index is 258. The molecule has 1 aromatic carbocycles. The first kappa shape index (κ1) is 6.61. The van der Waals surface area contributed by atoms with Gasteiger partial charge in [-0.3, -0.25) is 5.41 Å². The normalized spacial score (nSPS) is 9.20. The Morgan fingerprint density at radius 3 is 2.60 bits per heavy atom. The monoisotopic (exact) mass is 136 g/mol. The summed E-state index contributed by atoms with van der Waals surface area (Å²) in [5, 5.41) is 15.9. The lowest BCUT2D eigenvalue weighted by molar-refractivity contribution is 0.475. The van der Waals surface area contributed by atoms with Gasteiger partial charge in [-0.1, -0.05) is 12.1 Å². The second-order valence-electron chi connectivity index (χ2n) is 1.96. The van der Waals surface area contributed by atoms with E-state index in [-0.39, 0.29) is 11.6 Å². The van der Waals surface area contributed by atoms with Gasteiger partial charge >= 0.3 is 0 Å². The van der Waals surface area contributed by atoms with E-state index in [2.05, 4.69) is 0 Å². The number of nitrogens with one attached hydrogen (secondary N) is 1. The number of phenols is 1. The smallest absolute Gasteiger partial charge is 0.122 e. The van der Waals surface area contributed by atoms with Gasteiger partial charge in [0.15, 0.2) is 0 Å². The third-order valence-electron chi connectivity index (χ3n) is 1.16. The van der Waals surface area contributed by atoms with Gasteiger partial charge in [-0.05, 0) is 12.1 Å². The van der Waals surface area contributed by atoms with Crippen LogP contribution in [0.3, 0.4) is 0 Å². The molecule has 0 aliphatic carbocycles. The Morgan fingerprint density at radius 1 is 1.50 bits per heavy atom. The average Bonchev–Trinajstić information content (AvgIpc) is 1.88. The molecule has 0 bridgehead atoms. The molecule has 0 aromatic heterocycles. The fourth-order valence-corrected chi connectivity index (χ4v) is 0.673. The van der Waals surface area contributed by atoms with Crippen molar-refractivity contribution in [2.45, 2.75) is 0 Å². The summed E-state index contributed by atoms with van der Waals surface area (Å²) in [7, 11) is 0. The summed E-state index contributed by atoms with van der Waals surface area (Å²) in [5.41, 5.74) is 5.70. The highest BCUT2D eigenvalue weighted by Crippen LogP contribution is 2.09. The minimum atomic E-state index is -0.0316. The third kappa shape index (κ3) is 1.25. The molecular weight excluding hydrogens is 128 g/mol. The lowest BCUT2D eigenvalue weighted by atomic mass is 10.2. The van der Waals surface area contributed by atoms with Crippen molar-refractivity contribution in [2.24, 2.45) is 5.73 Å².